The Balaban J connectivity index is 1.99. The minimum absolute atomic E-state index is 0.331. The Morgan fingerprint density at radius 1 is 1.44 bits per heavy atom. The van der Waals surface area contributed by atoms with E-state index in [1.807, 2.05) is 12.1 Å². The highest BCUT2D eigenvalue weighted by molar-refractivity contribution is 5.89. The van der Waals surface area contributed by atoms with Crippen molar-refractivity contribution < 1.29 is 14.3 Å². The first-order chi connectivity index (χ1) is 7.79. The van der Waals surface area contributed by atoms with Crippen molar-refractivity contribution >= 4 is 12.0 Å². The van der Waals surface area contributed by atoms with Crippen molar-refractivity contribution in [2.45, 2.75) is 19.1 Å². The highest BCUT2D eigenvalue weighted by Crippen LogP contribution is 2.15. The molecule has 0 saturated carbocycles. The molecule has 0 aromatic heterocycles. The summed E-state index contributed by atoms with van der Waals surface area (Å²) in [6.07, 6.45) is 3.10. The normalized spacial score (nSPS) is 19.4. The largest absolute Gasteiger partial charge is 0.432 e. The Morgan fingerprint density at radius 3 is 2.75 bits per heavy atom. The first-order valence-electron chi connectivity index (χ1n) is 5.34. The number of rotatable bonds is 3. The minimum Gasteiger partial charge on any atom is -0.432 e. The molecule has 1 aliphatic rings. The topological polar surface area (TPSA) is 35.5 Å². The molecule has 1 heterocycles. The van der Waals surface area contributed by atoms with Crippen LogP contribution in [-0.4, -0.2) is 18.9 Å². The van der Waals surface area contributed by atoms with Crippen LogP contribution in [0.3, 0.4) is 0 Å². The molecule has 2 rings (SSSR count). The van der Waals surface area contributed by atoms with E-state index in [1.165, 1.54) is 0 Å². The third-order valence-corrected chi connectivity index (χ3v) is 2.51. The van der Waals surface area contributed by atoms with Crippen molar-refractivity contribution in [3.63, 3.8) is 0 Å². The fourth-order valence-corrected chi connectivity index (χ4v) is 1.58. The lowest BCUT2D eigenvalue weighted by Crippen LogP contribution is -2.16. The zero-order chi connectivity index (χ0) is 11.4. The Hall–Kier alpha value is -1.61. The van der Waals surface area contributed by atoms with Gasteiger partial charge < -0.3 is 9.47 Å². The van der Waals surface area contributed by atoms with Gasteiger partial charge in [0.2, 0.25) is 6.29 Å². The molecule has 1 saturated heterocycles. The van der Waals surface area contributed by atoms with Crippen LogP contribution in [0, 0.1) is 0 Å². The van der Waals surface area contributed by atoms with Crippen LogP contribution in [0.25, 0.3) is 6.08 Å². The molecule has 3 heteroatoms. The SMILES string of the molecule is C=Cc1ccc(C(=O)OC2CCCO2)cc1. The number of esters is 1. The van der Waals surface area contributed by atoms with Crippen molar-refractivity contribution in [3.8, 4) is 0 Å². The summed E-state index contributed by atoms with van der Waals surface area (Å²) in [5.74, 6) is -0.331. The number of hydrogen-bond acceptors (Lipinski definition) is 3. The number of ether oxygens (including phenoxy) is 2. The van der Waals surface area contributed by atoms with Gasteiger partial charge in [-0.05, 0) is 24.1 Å². The van der Waals surface area contributed by atoms with Crippen LogP contribution in [0.5, 0.6) is 0 Å². The van der Waals surface area contributed by atoms with E-state index in [9.17, 15) is 4.79 Å². The molecule has 1 unspecified atom stereocenters. The lowest BCUT2D eigenvalue weighted by Gasteiger charge is -2.10. The summed E-state index contributed by atoms with van der Waals surface area (Å²) in [7, 11) is 0. The maximum Gasteiger partial charge on any atom is 0.340 e. The van der Waals surface area contributed by atoms with Gasteiger partial charge >= 0.3 is 5.97 Å². The predicted octanol–water partition coefficient (Wildman–Crippen LogP) is 2.62. The van der Waals surface area contributed by atoms with E-state index in [1.54, 1.807) is 18.2 Å². The maximum absolute atomic E-state index is 11.7. The molecule has 1 atom stereocenters. The average molecular weight is 218 g/mol. The van der Waals surface area contributed by atoms with E-state index < -0.39 is 0 Å². The van der Waals surface area contributed by atoms with Gasteiger partial charge in [-0.15, -0.1) is 0 Å². The first-order valence-corrected chi connectivity index (χ1v) is 5.34. The highest BCUT2D eigenvalue weighted by Gasteiger charge is 2.20. The summed E-state index contributed by atoms with van der Waals surface area (Å²) in [6.45, 7) is 4.33. The zero-order valence-corrected chi connectivity index (χ0v) is 9.02. The van der Waals surface area contributed by atoms with E-state index in [4.69, 9.17) is 9.47 Å². The van der Waals surface area contributed by atoms with Gasteiger partial charge in [-0.1, -0.05) is 24.8 Å². The fraction of sp³-hybridized carbons (Fsp3) is 0.308. The van der Waals surface area contributed by atoms with Crippen LogP contribution < -0.4 is 0 Å². The summed E-state index contributed by atoms with van der Waals surface area (Å²) in [5, 5.41) is 0. The summed E-state index contributed by atoms with van der Waals surface area (Å²) in [6, 6.07) is 7.13. The van der Waals surface area contributed by atoms with E-state index in [-0.39, 0.29) is 12.3 Å². The molecule has 3 nitrogen and oxygen atoms in total. The molecule has 1 fully saturated rings. The highest BCUT2D eigenvalue weighted by atomic mass is 16.7. The molecule has 0 amide bonds. The molecule has 0 bridgehead atoms. The van der Waals surface area contributed by atoms with Crippen molar-refractivity contribution in [1.29, 1.82) is 0 Å². The van der Waals surface area contributed by atoms with Crippen LogP contribution in [0.2, 0.25) is 0 Å². The smallest absolute Gasteiger partial charge is 0.340 e. The van der Waals surface area contributed by atoms with Gasteiger partial charge in [0.15, 0.2) is 0 Å². The first kappa shape index (κ1) is 10.9. The molecule has 0 aliphatic carbocycles. The molecule has 1 aliphatic heterocycles. The summed E-state index contributed by atoms with van der Waals surface area (Å²) in [4.78, 5) is 11.7. The molecule has 84 valence electrons. The van der Waals surface area contributed by atoms with Crippen molar-refractivity contribution in [2.75, 3.05) is 6.61 Å². The summed E-state index contributed by atoms with van der Waals surface area (Å²) in [5.41, 5.74) is 1.52. The quantitative estimate of drug-likeness (QED) is 0.731. The summed E-state index contributed by atoms with van der Waals surface area (Å²) < 4.78 is 10.4. The monoisotopic (exact) mass is 218 g/mol. The Morgan fingerprint density at radius 2 is 2.19 bits per heavy atom. The van der Waals surface area contributed by atoms with Gasteiger partial charge in [0.05, 0.1) is 12.2 Å². The van der Waals surface area contributed by atoms with Crippen LogP contribution in [0.15, 0.2) is 30.8 Å². The predicted molar refractivity (Wildman–Crippen MR) is 60.9 cm³/mol. The third kappa shape index (κ3) is 2.49. The number of hydrogen-bond donors (Lipinski definition) is 0. The maximum atomic E-state index is 11.7. The number of carbonyl (C=O) groups is 1. The third-order valence-electron chi connectivity index (χ3n) is 2.51. The number of benzene rings is 1. The van der Waals surface area contributed by atoms with Gasteiger partial charge in [0.1, 0.15) is 0 Å². The van der Waals surface area contributed by atoms with Crippen molar-refractivity contribution in [2.24, 2.45) is 0 Å². The Kier molecular flexibility index (Phi) is 3.37. The zero-order valence-electron chi connectivity index (χ0n) is 9.02. The van der Waals surface area contributed by atoms with E-state index in [0.29, 0.717) is 12.2 Å². The van der Waals surface area contributed by atoms with Crippen LogP contribution in [0.4, 0.5) is 0 Å². The molecule has 16 heavy (non-hydrogen) atoms. The fourth-order valence-electron chi connectivity index (χ4n) is 1.58. The molecule has 1 aromatic rings. The van der Waals surface area contributed by atoms with E-state index in [0.717, 1.165) is 18.4 Å². The molecule has 1 aromatic carbocycles. The molecular formula is C13H14O3. The molecule has 0 radical (unpaired) electrons. The second-order valence-corrected chi connectivity index (χ2v) is 3.67. The lowest BCUT2D eigenvalue weighted by atomic mass is 10.1. The van der Waals surface area contributed by atoms with Crippen molar-refractivity contribution in [1.82, 2.24) is 0 Å². The van der Waals surface area contributed by atoms with Gasteiger partial charge in [0, 0.05) is 6.42 Å². The van der Waals surface area contributed by atoms with Crippen LogP contribution in [-0.2, 0) is 9.47 Å². The minimum atomic E-state index is -0.369. The second kappa shape index (κ2) is 4.94. The molecular weight excluding hydrogens is 204 g/mol. The molecule has 0 spiro atoms. The number of carbonyl (C=O) groups excluding carboxylic acids is 1. The van der Waals surface area contributed by atoms with E-state index in [2.05, 4.69) is 6.58 Å². The Labute approximate surface area is 94.7 Å². The standard InChI is InChI=1S/C13H14O3/c1-2-10-5-7-11(8-6-10)13(14)16-12-4-3-9-15-12/h2,5-8,12H,1,3-4,9H2. The van der Waals surface area contributed by atoms with Crippen molar-refractivity contribution in [3.05, 3.63) is 42.0 Å². The van der Waals surface area contributed by atoms with Crippen LogP contribution in [0.1, 0.15) is 28.8 Å². The average Bonchev–Trinajstić information content (AvgIpc) is 2.82. The lowest BCUT2D eigenvalue weighted by molar-refractivity contribution is -0.0775. The van der Waals surface area contributed by atoms with E-state index >= 15 is 0 Å². The van der Waals surface area contributed by atoms with Gasteiger partial charge in [-0.2, -0.15) is 0 Å². The van der Waals surface area contributed by atoms with Gasteiger partial charge in [-0.25, -0.2) is 4.79 Å². The summed E-state index contributed by atoms with van der Waals surface area (Å²) >= 11 is 0. The molecule has 0 N–H and O–H groups in total. The van der Waals surface area contributed by atoms with Gasteiger partial charge in [0.25, 0.3) is 0 Å². The van der Waals surface area contributed by atoms with Crippen LogP contribution >= 0.6 is 0 Å². The Bertz CT molecular complexity index is 375. The second-order valence-electron chi connectivity index (χ2n) is 3.67. The van der Waals surface area contributed by atoms with Gasteiger partial charge in [-0.3, -0.25) is 0 Å².